The highest BCUT2D eigenvalue weighted by Gasteiger charge is 2.14. The molecule has 0 atom stereocenters. The van der Waals surface area contributed by atoms with Gasteiger partial charge in [0, 0.05) is 19.0 Å². The van der Waals surface area contributed by atoms with Crippen LogP contribution in [0.25, 0.3) is 0 Å². The van der Waals surface area contributed by atoms with Gasteiger partial charge in [-0.1, -0.05) is 0 Å². The topological polar surface area (TPSA) is 29.3 Å². The molecule has 0 unspecified atom stereocenters. The van der Waals surface area contributed by atoms with Crippen LogP contribution in [0.5, 0.6) is 0 Å². The second-order valence-electron chi connectivity index (χ2n) is 3.13. The summed E-state index contributed by atoms with van der Waals surface area (Å²) in [6.07, 6.45) is 8.30. The second-order valence-corrected chi connectivity index (χ2v) is 3.13. The molecule has 1 heterocycles. The molecule has 0 aromatic heterocycles. The average Bonchev–Trinajstić information content (AvgIpc) is 2.04. The van der Waals surface area contributed by atoms with Crippen molar-refractivity contribution < 1.29 is 0 Å². The van der Waals surface area contributed by atoms with Crippen molar-refractivity contribution in [3.63, 3.8) is 0 Å². The Kier molecular flexibility index (Phi) is 3.41. The van der Waals surface area contributed by atoms with Crippen LogP contribution in [0.4, 0.5) is 0 Å². The summed E-state index contributed by atoms with van der Waals surface area (Å²) >= 11 is 0. The van der Waals surface area contributed by atoms with Gasteiger partial charge < -0.3 is 10.6 Å². The SMILES string of the molecule is C#CCCN1CCC(N)CC1. The van der Waals surface area contributed by atoms with Crippen LogP contribution >= 0.6 is 0 Å². The fourth-order valence-electron chi connectivity index (χ4n) is 1.40. The van der Waals surface area contributed by atoms with Crippen LogP contribution in [0.1, 0.15) is 19.3 Å². The summed E-state index contributed by atoms with van der Waals surface area (Å²) in [7, 11) is 0. The zero-order chi connectivity index (χ0) is 8.10. The van der Waals surface area contributed by atoms with E-state index < -0.39 is 0 Å². The number of nitrogens with two attached hydrogens (primary N) is 1. The van der Waals surface area contributed by atoms with Gasteiger partial charge in [-0.05, 0) is 25.9 Å². The molecule has 0 radical (unpaired) electrons. The van der Waals surface area contributed by atoms with E-state index in [1.165, 1.54) is 0 Å². The first-order valence-corrected chi connectivity index (χ1v) is 4.24. The van der Waals surface area contributed by atoms with Crippen molar-refractivity contribution in [1.82, 2.24) is 4.90 Å². The number of nitrogens with zero attached hydrogens (tertiary/aromatic N) is 1. The first kappa shape index (κ1) is 8.58. The number of hydrogen-bond donors (Lipinski definition) is 1. The molecule has 2 heteroatoms. The molecule has 0 bridgehead atoms. The molecule has 11 heavy (non-hydrogen) atoms. The Morgan fingerprint density at radius 2 is 2.09 bits per heavy atom. The average molecular weight is 152 g/mol. The highest BCUT2D eigenvalue weighted by Crippen LogP contribution is 2.07. The number of hydrogen-bond acceptors (Lipinski definition) is 2. The van der Waals surface area contributed by atoms with Crippen molar-refractivity contribution in [3.8, 4) is 12.3 Å². The standard InChI is InChI=1S/C9H16N2/c1-2-3-6-11-7-4-9(10)5-8-11/h1,9H,3-8,10H2. The van der Waals surface area contributed by atoms with E-state index in [0.29, 0.717) is 6.04 Å². The van der Waals surface area contributed by atoms with Gasteiger partial charge in [-0.2, -0.15) is 0 Å². The van der Waals surface area contributed by atoms with E-state index in [4.69, 9.17) is 12.2 Å². The number of rotatable bonds is 2. The molecule has 0 aliphatic carbocycles. The highest BCUT2D eigenvalue weighted by atomic mass is 15.1. The van der Waals surface area contributed by atoms with E-state index in [1.807, 2.05) is 0 Å². The maximum atomic E-state index is 5.76. The molecule has 62 valence electrons. The summed E-state index contributed by atoms with van der Waals surface area (Å²) in [6.45, 7) is 3.30. The maximum absolute atomic E-state index is 5.76. The van der Waals surface area contributed by atoms with E-state index in [1.54, 1.807) is 0 Å². The van der Waals surface area contributed by atoms with E-state index in [9.17, 15) is 0 Å². The van der Waals surface area contributed by atoms with Crippen molar-refractivity contribution in [2.75, 3.05) is 19.6 Å². The lowest BCUT2D eigenvalue weighted by molar-refractivity contribution is 0.218. The lowest BCUT2D eigenvalue weighted by atomic mass is 10.1. The predicted octanol–water partition coefficient (Wildman–Crippen LogP) is 0.433. The molecule has 0 amide bonds. The Morgan fingerprint density at radius 1 is 1.45 bits per heavy atom. The molecule has 1 aliphatic heterocycles. The van der Waals surface area contributed by atoms with E-state index in [-0.39, 0.29) is 0 Å². The molecular weight excluding hydrogens is 136 g/mol. The largest absolute Gasteiger partial charge is 0.328 e. The monoisotopic (exact) mass is 152 g/mol. The third-order valence-electron chi connectivity index (χ3n) is 2.20. The van der Waals surface area contributed by atoms with Crippen molar-refractivity contribution in [2.24, 2.45) is 5.73 Å². The molecule has 1 aliphatic rings. The van der Waals surface area contributed by atoms with Crippen molar-refractivity contribution in [1.29, 1.82) is 0 Å². The summed E-state index contributed by atoms with van der Waals surface area (Å²) < 4.78 is 0. The van der Waals surface area contributed by atoms with Crippen LogP contribution in [-0.2, 0) is 0 Å². The summed E-state index contributed by atoms with van der Waals surface area (Å²) in [4.78, 5) is 2.39. The molecule has 2 N–H and O–H groups in total. The van der Waals surface area contributed by atoms with Gasteiger partial charge in [-0.25, -0.2) is 0 Å². The van der Waals surface area contributed by atoms with E-state index in [0.717, 1.165) is 38.9 Å². The first-order valence-electron chi connectivity index (χ1n) is 4.24. The zero-order valence-corrected chi connectivity index (χ0v) is 6.92. The minimum Gasteiger partial charge on any atom is -0.328 e. The quantitative estimate of drug-likeness (QED) is 0.581. The second kappa shape index (κ2) is 4.38. The fourth-order valence-corrected chi connectivity index (χ4v) is 1.40. The number of likely N-dealkylation sites (tertiary alicyclic amines) is 1. The third-order valence-corrected chi connectivity index (χ3v) is 2.20. The van der Waals surface area contributed by atoms with Gasteiger partial charge in [0.1, 0.15) is 0 Å². The van der Waals surface area contributed by atoms with Gasteiger partial charge in [-0.15, -0.1) is 12.3 Å². The van der Waals surface area contributed by atoms with Crippen molar-refractivity contribution in [2.45, 2.75) is 25.3 Å². The van der Waals surface area contributed by atoms with Crippen LogP contribution in [0.3, 0.4) is 0 Å². The summed E-state index contributed by atoms with van der Waals surface area (Å²) in [6, 6.07) is 0.428. The van der Waals surface area contributed by atoms with E-state index >= 15 is 0 Å². The Hall–Kier alpha value is -0.520. The molecule has 1 fully saturated rings. The van der Waals surface area contributed by atoms with Gasteiger partial charge in [0.15, 0.2) is 0 Å². The van der Waals surface area contributed by atoms with Crippen molar-refractivity contribution >= 4 is 0 Å². The fraction of sp³-hybridized carbons (Fsp3) is 0.778. The molecule has 1 saturated heterocycles. The predicted molar refractivity (Wildman–Crippen MR) is 47.1 cm³/mol. The Bertz CT molecular complexity index is 140. The molecule has 0 aromatic carbocycles. The summed E-state index contributed by atoms with van der Waals surface area (Å²) in [5.41, 5.74) is 5.76. The molecule has 0 aromatic rings. The highest BCUT2D eigenvalue weighted by molar-refractivity contribution is 4.85. The Labute approximate surface area is 68.8 Å². The van der Waals surface area contributed by atoms with Gasteiger partial charge >= 0.3 is 0 Å². The van der Waals surface area contributed by atoms with Gasteiger partial charge in [-0.3, -0.25) is 0 Å². The summed E-state index contributed by atoms with van der Waals surface area (Å²) in [5.74, 6) is 2.65. The van der Waals surface area contributed by atoms with Crippen LogP contribution in [-0.4, -0.2) is 30.6 Å². The zero-order valence-electron chi connectivity index (χ0n) is 6.92. The molecular formula is C9H16N2. The van der Waals surface area contributed by atoms with Crippen LogP contribution in [0.15, 0.2) is 0 Å². The Morgan fingerprint density at radius 3 is 2.64 bits per heavy atom. The number of terminal acetylenes is 1. The van der Waals surface area contributed by atoms with Crippen molar-refractivity contribution in [3.05, 3.63) is 0 Å². The van der Waals surface area contributed by atoms with Crippen LogP contribution in [0, 0.1) is 12.3 Å². The molecule has 0 saturated carbocycles. The molecule has 2 nitrogen and oxygen atoms in total. The maximum Gasteiger partial charge on any atom is 0.0214 e. The van der Waals surface area contributed by atoms with Crippen LogP contribution in [0.2, 0.25) is 0 Å². The third kappa shape index (κ3) is 2.92. The lowest BCUT2D eigenvalue weighted by Crippen LogP contribution is -2.39. The normalized spacial score (nSPS) is 21.5. The summed E-state index contributed by atoms with van der Waals surface area (Å²) in [5, 5.41) is 0. The van der Waals surface area contributed by atoms with Gasteiger partial charge in [0.25, 0.3) is 0 Å². The first-order chi connectivity index (χ1) is 5.33. The van der Waals surface area contributed by atoms with Gasteiger partial charge in [0.2, 0.25) is 0 Å². The smallest absolute Gasteiger partial charge is 0.0214 e. The van der Waals surface area contributed by atoms with E-state index in [2.05, 4.69) is 10.8 Å². The Balaban J connectivity index is 2.13. The number of piperidine rings is 1. The molecule has 0 spiro atoms. The lowest BCUT2D eigenvalue weighted by Gasteiger charge is -2.29. The van der Waals surface area contributed by atoms with Crippen LogP contribution < -0.4 is 5.73 Å². The van der Waals surface area contributed by atoms with Gasteiger partial charge in [0.05, 0.1) is 0 Å². The minimum absolute atomic E-state index is 0.428. The molecule has 1 rings (SSSR count). The minimum atomic E-state index is 0.428.